The van der Waals surface area contributed by atoms with Crippen molar-refractivity contribution in [3.8, 4) is 0 Å². The summed E-state index contributed by atoms with van der Waals surface area (Å²) in [7, 11) is 0. The normalized spacial score (nSPS) is 10.9. The average molecular weight is 201 g/mol. The van der Waals surface area contributed by atoms with Gasteiger partial charge in [-0.05, 0) is 25.8 Å². The van der Waals surface area contributed by atoms with Crippen LogP contribution < -0.4 is 5.32 Å². The van der Waals surface area contributed by atoms with E-state index >= 15 is 0 Å². The van der Waals surface area contributed by atoms with E-state index in [1.165, 1.54) is 0 Å². The Morgan fingerprint density at radius 1 is 1.36 bits per heavy atom. The molecular weight excluding hydrogens is 178 g/mol. The number of ether oxygens (including phenoxy) is 1. The lowest BCUT2D eigenvalue weighted by Gasteiger charge is -2.07. The van der Waals surface area contributed by atoms with E-state index in [9.17, 15) is 4.79 Å². The molecule has 3 heteroatoms. The number of hydrogen-bond donors (Lipinski definition) is 1. The second-order valence-corrected chi connectivity index (χ2v) is 4.02. The number of ketones is 1. The summed E-state index contributed by atoms with van der Waals surface area (Å²) in [6, 6.07) is 0. The van der Waals surface area contributed by atoms with Crippen molar-refractivity contribution in [3.05, 3.63) is 0 Å². The summed E-state index contributed by atoms with van der Waals surface area (Å²) in [5.74, 6) is 0.930. The molecule has 0 aliphatic rings. The van der Waals surface area contributed by atoms with Gasteiger partial charge in [-0.25, -0.2) is 0 Å². The third kappa shape index (κ3) is 11.6. The van der Waals surface area contributed by atoms with Crippen LogP contribution in [0.15, 0.2) is 0 Å². The lowest BCUT2D eigenvalue weighted by molar-refractivity contribution is -0.117. The molecule has 0 saturated carbocycles. The summed E-state index contributed by atoms with van der Waals surface area (Å²) >= 11 is 0. The summed E-state index contributed by atoms with van der Waals surface area (Å²) in [5, 5.41) is 3.29. The third-order valence-corrected chi connectivity index (χ3v) is 1.79. The topological polar surface area (TPSA) is 38.3 Å². The average Bonchev–Trinajstić information content (AvgIpc) is 2.08. The highest BCUT2D eigenvalue weighted by atomic mass is 16.5. The summed E-state index contributed by atoms with van der Waals surface area (Å²) in [6.07, 6.45) is 1.49. The lowest BCUT2D eigenvalue weighted by atomic mass is 10.2. The standard InChI is InChI=1S/C11H23NO2/c1-10(2)9-12-6-8-14-7-4-5-11(3)13/h10,12H,4-9H2,1-3H3. The van der Waals surface area contributed by atoms with Gasteiger partial charge in [0.15, 0.2) is 0 Å². The van der Waals surface area contributed by atoms with Gasteiger partial charge in [-0.2, -0.15) is 0 Å². The summed E-state index contributed by atoms with van der Waals surface area (Å²) < 4.78 is 5.35. The highest BCUT2D eigenvalue weighted by molar-refractivity contribution is 5.75. The largest absolute Gasteiger partial charge is 0.380 e. The Balaban J connectivity index is 2.96. The van der Waals surface area contributed by atoms with Crippen molar-refractivity contribution in [2.75, 3.05) is 26.3 Å². The van der Waals surface area contributed by atoms with Crippen LogP contribution in [-0.2, 0) is 9.53 Å². The molecule has 84 valence electrons. The quantitative estimate of drug-likeness (QED) is 0.576. The fourth-order valence-corrected chi connectivity index (χ4v) is 1.06. The molecule has 0 aliphatic carbocycles. The minimum Gasteiger partial charge on any atom is -0.380 e. The molecule has 0 saturated heterocycles. The van der Waals surface area contributed by atoms with Crippen molar-refractivity contribution in [2.45, 2.75) is 33.6 Å². The maximum atomic E-state index is 10.6. The zero-order valence-corrected chi connectivity index (χ0v) is 9.64. The first-order valence-corrected chi connectivity index (χ1v) is 5.41. The van der Waals surface area contributed by atoms with Crippen molar-refractivity contribution in [3.63, 3.8) is 0 Å². The SMILES string of the molecule is CC(=O)CCCOCCNCC(C)C. The molecule has 0 unspecified atom stereocenters. The molecule has 0 rings (SSSR count). The van der Waals surface area contributed by atoms with Crippen molar-refractivity contribution < 1.29 is 9.53 Å². The molecule has 0 fully saturated rings. The first-order chi connectivity index (χ1) is 6.63. The van der Waals surface area contributed by atoms with Crippen LogP contribution in [0.2, 0.25) is 0 Å². The maximum Gasteiger partial charge on any atom is 0.129 e. The van der Waals surface area contributed by atoms with E-state index in [1.807, 2.05) is 0 Å². The van der Waals surface area contributed by atoms with Crippen LogP contribution in [-0.4, -0.2) is 32.1 Å². The molecule has 0 amide bonds. The number of nitrogens with one attached hydrogen (secondary N) is 1. The second-order valence-electron chi connectivity index (χ2n) is 4.02. The van der Waals surface area contributed by atoms with E-state index in [0.29, 0.717) is 18.9 Å². The van der Waals surface area contributed by atoms with E-state index in [4.69, 9.17) is 4.74 Å². The Labute approximate surface area is 87.2 Å². The number of carbonyl (C=O) groups is 1. The molecule has 1 N–H and O–H groups in total. The number of rotatable bonds is 9. The molecule has 0 radical (unpaired) electrons. The molecule has 0 atom stereocenters. The molecule has 0 bridgehead atoms. The minimum absolute atomic E-state index is 0.242. The van der Waals surface area contributed by atoms with Gasteiger partial charge >= 0.3 is 0 Å². The molecule has 0 aromatic heterocycles. The molecule has 0 heterocycles. The highest BCUT2D eigenvalue weighted by Crippen LogP contribution is 1.91. The van der Waals surface area contributed by atoms with Crippen molar-refractivity contribution in [2.24, 2.45) is 5.92 Å². The van der Waals surface area contributed by atoms with Gasteiger partial charge in [0, 0.05) is 19.6 Å². The van der Waals surface area contributed by atoms with Crippen molar-refractivity contribution in [1.29, 1.82) is 0 Å². The molecule has 0 aromatic rings. The Kier molecular flexibility index (Phi) is 8.89. The summed E-state index contributed by atoms with van der Waals surface area (Å²) in [5.41, 5.74) is 0. The van der Waals surface area contributed by atoms with Gasteiger partial charge in [0.25, 0.3) is 0 Å². The molecule has 14 heavy (non-hydrogen) atoms. The lowest BCUT2D eigenvalue weighted by Crippen LogP contribution is -2.24. The zero-order chi connectivity index (χ0) is 10.8. The van der Waals surface area contributed by atoms with Gasteiger partial charge in [0.2, 0.25) is 0 Å². The molecule has 0 aliphatic heterocycles. The van der Waals surface area contributed by atoms with E-state index < -0.39 is 0 Å². The fourth-order valence-electron chi connectivity index (χ4n) is 1.06. The Morgan fingerprint density at radius 3 is 2.64 bits per heavy atom. The van der Waals surface area contributed by atoms with Gasteiger partial charge in [0.05, 0.1) is 6.61 Å². The van der Waals surface area contributed by atoms with Crippen molar-refractivity contribution in [1.82, 2.24) is 5.32 Å². The predicted octanol–water partition coefficient (Wildman–Crippen LogP) is 1.62. The van der Waals surface area contributed by atoms with Gasteiger partial charge in [0.1, 0.15) is 5.78 Å². The first kappa shape index (κ1) is 13.6. The maximum absolute atomic E-state index is 10.6. The predicted molar refractivity (Wildman–Crippen MR) is 58.4 cm³/mol. The number of hydrogen-bond acceptors (Lipinski definition) is 3. The van der Waals surface area contributed by atoms with Crippen LogP contribution in [0.25, 0.3) is 0 Å². The third-order valence-electron chi connectivity index (χ3n) is 1.79. The van der Waals surface area contributed by atoms with Crippen LogP contribution >= 0.6 is 0 Å². The van der Waals surface area contributed by atoms with E-state index in [2.05, 4.69) is 19.2 Å². The van der Waals surface area contributed by atoms with Gasteiger partial charge in [-0.3, -0.25) is 0 Å². The van der Waals surface area contributed by atoms with E-state index in [0.717, 1.165) is 26.1 Å². The zero-order valence-electron chi connectivity index (χ0n) is 9.64. The van der Waals surface area contributed by atoms with Crippen LogP contribution in [0, 0.1) is 5.92 Å². The van der Waals surface area contributed by atoms with E-state index in [-0.39, 0.29) is 5.78 Å². The molecular formula is C11H23NO2. The highest BCUT2D eigenvalue weighted by Gasteiger charge is 1.94. The summed E-state index contributed by atoms with van der Waals surface area (Å²) in [6.45, 7) is 9.36. The minimum atomic E-state index is 0.242. The van der Waals surface area contributed by atoms with Crippen LogP contribution in [0.4, 0.5) is 0 Å². The molecule has 0 spiro atoms. The fraction of sp³-hybridized carbons (Fsp3) is 0.909. The molecule has 3 nitrogen and oxygen atoms in total. The smallest absolute Gasteiger partial charge is 0.129 e. The Bertz CT molecular complexity index is 146. The molecule has 0 aromatic carbocycles. The van der Waals surface area contributed by atoms with Gasteiger partial charge in [-0.1, -0.05) is 13.8 Å². The van der Waals surface area contributed by atoms with Gasteiger partial charge in [-0.15, -0.1) is 0 Å². The van der Waals surface area contributed by atoms with Crippen LogP contribution in [0.1, 0.15) is 33.6 Å². The summed E-state index contributed by atoms with van der Waals surface area (Å²) in [4.78, 5) is 10.6. The first-order valence-electron chi connectivity index (χ1n) is 5.41. The van der Waals surface area contributed by atoms with Crippen LogP contribution in [0.5, 0.6) is 0 Å². The van der Waals surface area contributed by atoms with E-state index in [1.54, 1.807) is 6.92 Å². The van der Waals surface area contributed by atoms with Gasteiger partial charge < -0.3 is 14.8 Å². The number of carbonyl (C=O) groups excluding carboxylic acids is 1. The second kappa shape index (κ2) is 9.16. The van der Waals surface area contributed by atoms with Crippen LogP contribution in [0.3, 0.4) is 0 Å². The Hall–Kier alpha value is -0.410. The number of Topliss-reactive ketones (excluding diaryl/α,β-unsaturated/α-hetero) is 1. The monoisotopic (exact) mass is 201 g/mol. The van der Waals surface area contributed by atoms with Crippen molar-refractivity contribution >= 4 is 5.78 Å². The Morgan fingerprint density at radius 2 is 2.07 bits per heavy atom.